The Bertz CT molecular complexity index is 473. The van der Waals surface area contributed by atoms with Crippen LogP contribution >= 0.6 is 11.8 Å². The van der Waals surface area contributed by atoms with E-state index in [4.69, 9.17) is 0 Å². The Morgan fingerprint density at radius 2 is 2.26 bits per heavy atom. The monoisotopic (exact) mass is 283 g/mol. The molecule has 0 saturated carbocycles. The number of carbonyl (C=O) groups excluding carboxylic acids is 1. The van der Waals surface area contributed by atoms with Gasteiger partial charge in [0.1, 0.15) is 0 Å². The van der Waals surface area contributed by atoms with Crippen molar-refractivity contribution in [3.63, 3.8) is 0 Å². The van der Waals surface area contributed by atoms with E-state index in [1.807, 2.05) is 20.8 Å². The van der Waals surface area contributed by atoms with Crippen LogP contribution in [0.4, 0.5) is 0 Å². The van der Waals surface area contributed by atoms with Crippen molar-refractivity contribution in [2.75, 3.05) is 5.75 Å². The van der Waals surface area contributed by atoms with Gasteiger partial charge in [-0.15, -0.1) is 0 Å². The van der Waals surface area contributed by atoms with Crippen LogP contribution < -0.4 is 10.9 Å². The lowest BCUT2D eigenvalue weighted by Gasteiger charge is -2.10. The summed E-state index contributed by atoms with van der Waals surface area (Å²) < 4.78 is 0. The van der Waals surface area contributed by atoms with Crippen molar-refractivity contribution in [3.8, 4) is 0 Å². The summed E-state index contributed by atoms with van der Waals surface area (Å²) in [5.74, 6) is 0.228. The summed E-state index contributed by atoms with van der Waals surface area (Å²) in [6, 6.07) is 1.68. The van der Waals surface area contributed by atoms with Crippen LogP contribution in [0.2, 0.25) is 0 Å². The van der Waals surface area contributed by atoms with Crippen molar-refractivity contribution in [1.82, 2.24) is 15.3 Å². The van der Waals surface area contributed by atoms with Gasteiger partial charge in [-0.3, -0.25) is 9.59 Å². The number of thioether (sulfide) groups is 1. The van der Waals surface area contributed by atoms with Crippen molar-refractivity contribution in [2.24, 2.45) is 0 Å². The number of aromatic amines is 1. The maximum absolute atomic E-state index is 11.6. The van der Waals surface area contributed by atoms with E-state index >= 15 is 0 Å². The first-order chi connectivity index (χ1) is 9.05. The van der Waals surface area contributed by atoms with Crippen LogP contribution in [0.25, 0.3) is 0 Å². The van der Waals surface area contributed by atoms with Gasteiger partial charge in [-0.1, -0.05) is 32.0 Å². The molecule has 6 heteroatoms. The molecule has 0 aliphatic heterocycles. The van der Waals surface area contributed by atoms with Crippen LogP contribution in [0, 0.1) is 0 Å². The van der Waals surface area contributed by atoms with Crippen LogP contribution in [0.5, 0.6) is 0 Å². The number of carbonyl (C=O) groups is 1. The Balaban J connectivity index is 2.57. The molecule has 1 amide bonds. The highest BCUT2D eigenvalue weighted by Crippen LogP contribution is 2.11. The van der Waals surface area contributed by atoms with Crippen LogP contribution in [-0.4, -0.2) is 27.7 Å². The summed E-state index contributed by atoms with van der Waals surface area (Å²) in [7, 11) is 0. The van der Waals surface area contributed by atoms with E-state index < -0.39 is 0 Å². The summed E-state index contributed by atoms with van der Waals surface area (Å²) in [4.78, 5) is 30.0. The zero-order valence-corrected chi connectivity index (χ0v) is 12.5. The predicted octanol–water partition coefficient (Wildman–Crippen LogP) is 1.73. The summed E-state index contributed by atoms with van der Waals surface area (Å²) in [6.07, 6.45) is 2.61. The number of amides is 1. The Morgan fingerprint density at radius 1 is 1.53 bits per heavy atom. The molecule has 0 bridgehead atoms. The van der Waals surface area contributed by atoms with E-state index in [1.54, 1.807) is 0 Å². The highest BCUT2D eigenvalue weighted by atomic mass is 32.2. The predicted molar refractivity (Wildman–Crippen MR) is 77.5 cm³/mol. The molecular formula is C13H21N3O2S. The number of nitrogens with zero attached hydrogens (tertiary/aromatic N) is 1. The zero-order valence-electron chi connectivity index (χ0n) is 11.7. The first-order valence-electron chi connectivity index (χ1n) is 6.57. The molecule has 0 saturated heterocycles. The molecule has 1 heterocycles. The summed E-state index contributed by atoms with van der Waals surface area (Å²) >= 11 is 1.26. The van der Waals surface area contributed by atoms with Gasteiger partial charge in [0.25, 0.3) is 5.56 Å². The molecule has 0 spiro atoms. The third-order valence-corrected chi connectivity index (χ3v) is 3.51. The third kappa shape index (κ3) is 5.92. The minimum Gasteiger partial charge on any atom is -0.353 e. The van der Waals surface area contributed by atoms with Crippen LogP contribution in [0.15, 0.2) is 16.0 Å². The summed E-state index contributed by atoms with van der Waals surface area (Å²) in [5, 5.41) is 3.38. The Labute approximate surface area is 117 Å². The van der Waals surface area contributed by atoms with Crippen molar-refractivity contribution in [1.29, 1.82) is 0 Å². The number of aromatic nitrogens is 2. The second kappa shape index (κ2) is 7.99. The molecule has 1 atom stereocenters. The number of H-pyrrole nitrogens is 1. The van der Waals surface area contributed by atoms with Crippen molar-refractivity contribution in [2.45, 2.75) is 51.2 Å². The van der Waals surface area contributed by atoms with Crippen LogP contribution in [0.1, 0.15) is 39.3 Å². The van der Waals surface area contributed by atoms with E-state index in [0.717, 1.165) is 25.0 Å². The number of hydrogen-bond acceptors (Lipinski definition) is 4. The van der Waals surface area contributed by atoms with Crippen LogP contribution in [-0.2, 0) is 11.2 Å². The molecule has 2 N–H and O–H groups in total. The second-order valence-electron chi connectivity index (χ2n) is 4.46. The van der Waals surface area contributed by atoms with E-state index in [1.165, 1.54) is 17.8 Å². The number of nitrogens with one attached hydrogen (secondary N) is 2. The van der Waals surface area contributed by atoms with Gasteiger partial charge in [-0.2, -0.15) is 0 Å². The highest BCUT2D eigenvalue weighted by Gasteiger charge is 2.08. The van der Waals surface area contributed by atoms with Gasteiger partial charge in [0.05, 0.1) is 5.75 Å². The fourth-order valence-corrected chi connectivity index (χ4v) is 2.19. The largest absolute Gasteiger partial charge is 0.353 e. The molecule has 19 heavy (non-hydrogen) atoms. The molecule has 1 rings (SSSR count). The molecule has 1 aromatic rings. The quantitative estimate of drug-likeness (QED) is 0.590. The van der Waals surface area contributed by atoms with Gasteiger partial charge < -0.3 is 10.3 Å². The Kier molecular flexibility index (Phi) is 6.62. The lowest BCUT2D eigenvalue weighted by atomic mass is 10.2. The Morgan fingerprint density at radius 3 is 2.89 bits per heavy atom. The van der Waals surface area contributed by atoms with Crippen molar-refractivity contribution >= 4 is 17.7 Å². The molecule has 106 valence electrons. The lowest BCUT2D eigenvalue weighted by Crippen LogP contribution is -2.33. The van der Waals surface area contributed by atoms with Crippen LogP contribution in [0.3, 0.4) is 0 Å². The number of hydrogen-bond donors (Lipinski definition) is 2. The number of rotatable bonds is 7. The normalized spacial score (nSPS) is 12.2. The summed E-state index contributed by atoms with van der Waals surface area (Å²) in [5.41, 5.74) is 0.611. The standard InChI is InChI=1S/C13H21N3O2S/c1-4-6-10-7-11(17)16-13(15-10)19-8-12(18)14-9(3)5-2/h7,9H,4-6,8H2,1-3H3,(H,14,18)(H,15,16,17)/t9-/m0/s1. The molecule has 0 aliphatic carbocycles. The van der Waals surface area contributed by atoms with Gasteiger partial charge >= 0.3 is 0 Å². The first kappa shape index (κ1) is 15.8. The minimum atomic E-state index is -0.164. The summed E-state index contributed by atoms with van der Waals surface area (Å²) in [6.45, 7) is 6.02. The van der Waals surface area contributed by atoms with E-state index in [0.29, 0.717) is 5.16 Å². The smallest absolute Gasteiger partial charge is 0.251 e. The van der Waals surface area contributed by atoms with Crippen molar-refractivity contribution < 1.29 is 4.79 Å². The number of aryl methyl sites for hydroxylation is 1. The highest BCUT2D eigenvalue weighted by molar-refractivity contribution is 7.99. The van der Waals surface area contributed by atoms with Gasteiger partial charge in [0, 0.05) is 17.8 Å². The molecule has 0 aliphatic rings. The average Bonchev–Trinajstić information content (AvgIpc) is 2.36. The lowest BCUT2D eigenvalue weighted by molar-refractivity contribution is -0.119. The molecule has 0 radical (unpaired) electrons. The van der Waals surface area contributed by atoms with E-state index in [2.05, 4.69) is 15.3 Å². The Hall–Kier alpha value is -1.30. The molecule has 0 aromatic carbocycles. The second-order valence-corrected chi connectivity index (χ2v) is 5.42. The van der Waals surface area contributed by atoms with Crippen molar-refractivity contribution in [3.05, 3.63) is 22.1 Å². The zero-order chi connectivity index (χ0) is 14.3. The fraction of sp³-hybridized carbons (Fsp3) is 0.615. The molecule has 1 aromatic heterocycles. The maximum atomic E-state index is 11.6. The van der Waals surface area contributed by atoms with E-state index in [-0.39, 0.29) is 23.3 Å². The fourth-order valence-electron chi connectivity index (χ4n) is 1.49. The van der Waals surface area contributed by atoms with Gasteiger partial charge in [0.2, 0.25) is 5.91 Å². The minimum absolute atomic E-state index is 0.0390. The van der Waals surface area contributed by atoms with Gasteiger partial charge in [-0.25, -0.2) is 4.98 Å². The third-order valence-electron chi connectivity index (χ3n) is 2.64. The van der Waals surface area contributed by atoms with Gasteiger partial charge in [-0.05, 0) is 19.8 Å². The molecule has 0 fully saturated rings. The molecule has 5 nitrogen and oxygen atoms in total. The molecule has 0 unspecified atom stereocenters. The SMILES string of the molecule is CCCc1cc(=O)[nH]c(SCC(=O)N[C@@H](C)CC)n1. The first-order valence-corrected chi connectivity index (χ1v) is 7.56. The van der Waals surface area contributed by atoms with Gasteiger partial charge in [0.15, 0.2) is 5.16 Å². The van der Waals surface area contributed by atoms with E-state index in [9.17, 15) is 9.59 Å². The average molecular weight is 283 g/mol. The topological polar surface area (TPSA) is 74.8 Å². The maximum Gasteiger partial charge on any atom is 0.251 e. The molecular weight excluding hydrogens is 262 g/mol.